The Morgan fingerprint density at radius 2 is 1.74 bits per heavy atom. The predicted molar refractivity (Wildman–Crippen MR) is 90.3 cm³/mol. The third kappa shape index (κ3) is 3.19. The Bertz CT molecular complexity index is 673. The molecule has 1 aliphatic heterocycles. The predicted octanol–water partition coefficient (Wildman–Crippen LogP) is 1.69. The molecule has 0 N–H and O–H groups in total. The van der Waals surface area contributed by atoms with Gasteiger partial charge in [0.05, 0.1) is 13.7 Å². The molecule has 0 radical (unpaired) electrons. The number of nitrogens with zero attached hydrogens (tertiary/aromatic N) is 2. The van der Waals surface area contributed by atoms with Crippen LogP contribution in [0, 0.1) is 0 Å². The van der Waals surface area contributed by atoms with Crippen molar-refractivity contribution in [1.29, 1.82) is 0 Å². The SMILES string of the molecule is CCOc1ccc(C=C2C(=O)N(C)C(=S)N(C)C2=O)cc1OC. The van der Waals surface area contributed by atoms with Gasteiger partial charge in [-0.05, 0) is 42.9 Å². The normalized spacial score (nSPS) is 15.1. The second-order valence-electron chi connectivity index (χ2n) is 4.91. The van der Waals surface area contributed by atoms with Gasteiger partial charge in [0.2, 0.25) is 0 Å². The molecule has 1 heterocycles. The van der Waals surface area contributed by atoms with Gasteiger partial charge in [0.25, 0.3) is 11.8 Å². The van der Waals surface area contributed by atoms with Gasteiger partial charge < -0.3 is 9.47 Å². The number of hydrogen-bond acceptors (Lipinski definition) is 5. The molecule has 0 spiro atoms. The Kier molecular flexibility index (Phi) is 5.00. The highest BCUT2D eigenvalue weighted by molar-refractivity contribution is 7.80. The maximum Gasteiger partial charge on any atom is 0.265 e. The third-order valence-electron chi connectivity index (χ3n) is 3.44. The Labute approximate surface area is 140 Å². The van der Waals surface area contributed by atoms with Gasteiger partial charge in [-0.1, -0.05) is 6.07 Å². The lowest BCUT2D eigenvalue weighted by Crippen LogP contribution is -2.52. The third-order valence-corrected chi connectivity index (χ3v) is 3.99. The minimum absolute atomic E-state index is 0.0508. The second kappa shape index (κ2) is 6.78. The molecular formula is C16H18N2O4S. The number of methoxy groups -OCH3 is 1. The van der Waals surface area contributed by atoms with Crippen LogP contribution in [0.4, 0.5) is 0 Å². The molecule has 0 saturated carbocycles. The molecule has 1 fully saturated rings. The zero-order valence-corrected chi connectivity index (χ0v) is 14.3. The van der Waals surface area contributed by atoms with E-state index in [0.717, 1.165) is 0 Å². The molecule has 0 unspecified atom stereocenters. The molecule has 0 aromatic heterocycles. The summed E-state index contributed by atoms with van der Waals surface area (Å²) in [4.78, 5) is 27.1. The highest BCUT2D eigenvalue weighted by Crippen LogP contribution is 2.29. The van der Waals surface area contributed by atoms with Crippen molar-refractivity contribution >= 4 is 35.2 Å². The molecule has 7 heteroatoms. The molecule has 6 nitrogen and oxygen atoms in total. The number of carbonyl (C=O) groups is 2. The van der Waals surface area contributed by atoms with E-state index in [1.807, 2.05) is 6.92 Å². The van der Waals surface area contributed by atoms with E-state index in [1.165, 1.54) is 23.0 Å². The van der Waals surface area contributed by atoms with Crippen LogP contribution < -0.4 is 9.47 Å². The van der Waals surface area contributed by atoms with Gasteiger partial charge in [-0.15, -0.1) is 0 Å². The van der Waals surface area contributed by atoms with Gasteiger partial charge in [0, 0.05) is 14.1 Å². The summed E-state index contributed by atoms with van der Waals surface area (Å²) in [7, 11) is 4.62. The van der Waals surface area contributed by atoms with Crippen LogP contribution in [0.5, 0.6) is 11.5 Å². The van der Waals surface area contributed by atoms with Gasteiger partial charge in [-0.25, -0.2) is 0 Å². The molecule has 0 bridgehead atoms. The number of hydrogen-bond donors (Lipinski definition) is 0. The molecule has 2 rings (SSSR count). The fourth-order valence-corrected chi connectivity index (χ4v) is 2.36. The first-order valence-corrected chi connectivity index (χ1v) is 7.44. The summed E-state index contributed by atoms with van der Waals surface area (Å²) in [6, 6.07) is 5.21. The van der Waals surface area contributed by atoms with Crippen molar-refractivity contribution in [3.8, 4) is 11.5 Å². The molecule has 1 aromatic carbocycles. The first-order chi connectivity index (χ1) is 10.9. The van der Waals surface area contributed by atoms with Gasteiger partial charge in [0.15, 0.2) is 16.6 Å². The smallest absolute Gasteiger partial charge is 0.265 e. The largest absolute Gasteiger partial charge is 0.493 e. The van der Waals surface area contributed by atoms with Gasteiger partial charge in [-0.3, -0.25) is 19.4 Å². The quantitative estimate of drug-likeness (QED) is 0.476. The summed E-state index contributed by atoms with van der Waals surface area (Å²) in [6.07, 6.45) is 1.53. The average molecular weight is 334 g/mol. The summed E-state index contributed by atoms with van der Waals surface area (Å²) in [6.45, 7) is 2.39. The van der Waals surface area contributed by atoms with Crippen molar-refractivity contribution in [2.24, 2.45) is 0 Å². The molecule has 1 aromatic rings. The molecular weight excluding hydrogens is 316 g/mol. The van der Waals surface area contributed by atoms with E-state index in [-0.39, 0.29) is 10.7 Å². The van der Waals surface area contributed by atoms with Crippen LogP contribution >= 0.6 is 12.2 Å². The first kappa shape index (κ1) is 17.0. The van der Waals surface area contributed by atoms with E-state index >= 15 is 0 Å². The Morgan fingerprint density at radius 3 is 2.26 bits per heavy atom. The van der Waals surface area contributed by atoms with Crippen LogP contribution in [0.25, 0.3) is 6.08 Å². The van der Waals surface area contributed by atoms with E-state index in [0.29, 0.717) is 23.7 Å². The van der Waals surface area contributed by atoms with Crippen LogP contribution in [-0.4, -0.2) is 54.5 Å². The van der Waals surface area contributed by atoms with E-state index in [4.69, 9.17) is 21.7 Å². The highest BCUT2D eigenvalue weighted by atomic mass is 32.1. The number of likely N-dealkylation sites (N-methyl/N-ethyl adjacent to an activating group) is 2. The Morgan fingerprint density at radius 1 is 1.13 bits per heavy atom. The molecule has 0 atom stereocenters. The molecule has 23 heavy (non-hydrogen) atoms. The fourth-order valence-electron chi connectivity index (χ4n) is 2.19. The maximum absolute atomic E-state index is 12.3. The second-order valence-corrected chi connectivity index (χ2v) is 5.28. The van der Waals surface area contributed by atoms with Crippen molar-refractivity contribution in [3.63, 3.8) is 0 Å². The fraction of sp³-hybridized carbons (Fsp3) is 0.312. The number of carbonyl (C=O) groups excluding carboxylic acids is 2. The van der Waals surface area contributed by atoms with Crippen molar-refractivity contribution in [1.82, 2.24) is 9.80 Å². The van der Waals surface area contributed by atoms with E-state index < -0.39 is 11.8 Å². The van der Waals surface area contributed by atoms with Crippen molar-refractivity contribution in [2.45, 2.75) is 6.92 Å². The molecule has 1 saturated heterocycles. The zero-order chi connectivity index (χ0) is 17.1. The standard InChI is InChI=1S/C16H18N2O4S/c1-5-22-12-7-6-10(9-13(12)21-4)8-11-14(19)17(2)16(23)18(3)15(11)20/h6-9H,5H2,1-4H3. The minimum Gasteiger partial charge on any atom is -0.493 e. The minimum atomic E-state index is -0.425. The van der Waals surface area contributed by atoms with Crippen LogP contribution in [0.15, 0.2) is 23.8 Å². The monoisotopic (exact) mass is 334 g/mol. The number of rotatable bonds is 4. The van der Waals surface area contributed by atoms with Crippen molar-refractivity contribution in [2.75, 3.05) is 27.8 Å². The lowest BCUT2D eigenvalue weighted by molar-refractivity contribution is -0.132. The van der Waals surface area contributed by atoms with Gasteiger partial charge in [-0.2, -0.15) is 0 Å². The first-order valence-electron chi connectivity index (χ1n) is 7.03. The molecule has 122 valence electrons. The van der Waals surface area contributed by atoms with E-state index in [2.05, 4.69) is 0 Å². The maximum atomic E-state index is 12.3. The topological polar surface area (TPSA) is 59.1 Å². The Balaban J connectivity index is 2.42. The van der Waals surface area contributed by atoms with Crippen molar-refractivity contribution in [3.05, 3.63) is 29.3 Å². The number of ether oxygens (including phenoxy) is 2. The lowest BCUT2D eigenvalue weighted by Gasteiger charge is -2.31. The van der Waals surface area contributed by atoms with Crippen molar-refractivity contribution < 1.29 is 19.1 Å². The van der Waals surface area contributed by atoms with Crippen LogP contribution in [0.2, 0.25) is 0 Å². The summed E-state index contributed by atoms with van der Waals surface area (Å²) in [5, 5.41) is 0.182. The number of benzene rings is 1. The van der Waals surface area contributed by atoms with Crippen LogP contribution in [-0.2, 0) is 9.59 Å². The number of thiocarbonyl (C=S) groups is 1. The van der Waals surface area contributed by atoms with Gasteiger partial charge >= 0.3 is 0 Å². The lowest BCUT2D eigenvalue weighted by atomic mass is 10.1. The molecule has 2 amide bonds. The van der Waals surface area contributed by atoms with Crippen LogP contribution in [0.1, 0.15) is 12.5 Å². The molecule has 0 aliphatic carbocycles. The van der Waals surface area contributed by atoms with Gasteiger partial charge in [0.1, 0.15) is 5.57 Å². The zero-order valence-electron chi connectivity index (χ0n) is 13.5. The van der Waals surface area contributed by atoms with Crippen LogP contribution in [0.3, 0.4) is 0 Å². The Hall–Kier alpha value is -2.41. The van der Waals surface area contributed by atoms with E-state index in [9.17, 15) is 9.59 Å². The summed E-state index contributed by atoms with van der Waals surface area (Å²) in [5.74, 6) is 0.292. The molecule has 1 aliphatic rings. The average Bonchev–Trinajstić information content (AvgIpc) is 2.56. The highest BCUT2D eigenvalue weighted by Gasteiger charge is 2.35. The summed E-state index contributed by atoms with van der Waals surface area (Å²) in [5.41, 5.74) is 0.714. The summed E-state index contributed by atoms with van der Waals surface area (Å²) >= 11 is 5.05. The summed E-state index contributed by atoms with van der Waals surface area (Å²) < 4.78 is 10.7. The van der Waals surface area contributed by atoms with E-state index in [1.54, 1.807) is 32.3 Å². The number of amides is 2.